The molecule has 1 amide bonds. The number of nitrogens with zero attached hydrogens (tertiary/aromatic N) is 1. The second-order valence-electron chi connectivity index (χ2n) is 7.09. The van der Waals surface area contributed by atoms with Gasteiger partial charge in [-0.1, -0.05) is 48.9 Å². The Bertz CT molecular complexity index is 1140. The predicted molar refractivity (Wildman–Crippen MR) is 128 cm³/mol. The molecule has 0 saturated heterocycles. The molecule has 0 radical (unpaired) electrons. The zero-order valence-electron chi connectivity index (χ0n) is 17.8. The number of anilines is 2. The molecule has 0 aliphatic heterocycles. The fourth-order valence-electron chi connectivity index (χ4n) is 3.12. The summed E-state index contributed by atoms with van der Waals surface area (Å²) in [5, 5.41) is 2.85. The molecule has 7 heteroatoms. The maximum Gasteiger partial charge on any atom is 0.264 e. The van der Waals surface area contributed by atoms with Crippen LogP contribution in [0.2, 0.25) is 0 Å². The zero-order chi connectivity index (χ0) is 22.4. The topological polar surface area (TPSA) is 66.5 Å². The summed E-state index contributed by atoms with van der Waals surface area (Å²) in [6.45, 7) is 3.60. The van der Waals surface area contributed by atoms with Gasteiger partial charge in [-0.25, -0.2) is 8.42 Å². The highest BCUT2D eigenvalue weighted by Crippen LogP contribution is 2.27. The molecule has 3 rings (SSSR count). The van der Waals surface area contributed by atoms with Crippen LogP contribution in [-0.2, 0) is 21.2 Å². The van der Waals surface area contributed by atoms with E-state index in [1.807, 2.05) is 50.4 Å². The Hall–Kier alpha value is -2.77. The standard InChI is InChI=1S/C24H26N2O3S2/c1-4-19-11-13-20(14-12-19)26(31(28,29)21-15-9-18(2)10-16-21)17-24(27)25-22-7-5-6-8-23(22)30-3/h5-16H,4,17H2,1-3H3,(H,25,27). The third kappa shape index (κ3) is 5.48. The number of hydrogen-bond acceptors (Lipinski definition) is 4. The number of carbonyl (C=O) groups is 1. The Balaban J connectivity index is 1.95. The van der Waals surface area contributed by atoms with Crippen molar-refractivity contribution in [2.45, 2.75) is 30.1 Å². The third-order valence-corrected chi connectivity index (χ3v) is 7.49. The van der Waals surface area contributed by atoms with Gasteiger partial charge in [-0.2, -0.15) is 0 Å². The molecular weight excluding hydrogens is 428 g/mol. The van der Waals surface area contributed by atoms with E-state index in [0.717, 1.165) is 26.7 Å². The second-order valence-corrected chi connectivity index (χ2v) is 9.80. The summed E-state index contributed by atoms with van der Waals surface area (Å²) in [7, 11) is -3.93. The quantitative estimate of drug-likeness (QED) is 0.480. The molecule has 5 nitrogen and oxygen atoms in total. The minimum Gasteiger partial charge on any atom is -0.323 e. The summed E-state index contributed by atoms with van der Waals surface area (Å²) in [6, 6.07) is 21.3. The number of amides is 1. The number of benzene rings is 3. The lowest BCUT2D eigenvalue weighted by atomic mass is 10.1. The Morgan fingerprint density at radius 1 is 0.968 bits per heavy atom. The molecule has 0 aliphatic carbocycles. The smallest absolute Gasteiger partial charge is 0.264 e. The Morgan fingerprint density at radius 3 is 2.23 bits per heavy atom. The van der Waals surface area contributed by atoms with Crippen LogP contribution in [0.1, 0.15) is 18.1 Å². The fraction of sp³-hybridized carbons (Fsp3) is 0.208. The predicted octanol–water partition coefficient (Wildman–Crippen LogP) is 5.11. The number of hydrogen-bond donors (Lipinski definition) is 1. The highest BCUT2D eigenvalue weighted by atomic mass is 32.2. The molecule has 31 heavy (non-hydrogen) atoms. The average Bonchev–Trinajstić information content (AvgIpc) is 2.78. The van der Waals surface area contributed by atoms with Crippen LogP contribution < -0.4 is 9.62 Å². The summed E-state index contributed by atoms with van der Waals surface area (Å²) in [6.07, 6.45) is 2.77. The third-order valence-electron chi connectivity index (χ3n) is 4.91. The van der Waals surface area contributed by atoms with Crippen LogP contribution in [0.25, 0.3) is 0 Å². The Kier molecular flexibility index (Phi) is 7.41. The monoisotopic (exact) mass is 454 g/mol. The maximum absolute atomic E-state index is 13.5. The summed E-state index contributed by atoms with van der Waals surface area (Å²) >= 11 is 1.51. The first kappa shape index (κ1) is 22.9. The molecular formula is C24H26N2O3S2. The van der Waals surface area contributed by atoms with Crippen molar-refractivity contribution < 1.29 is 13.2 Å². The van der Waals surface area contributed by atoms with Crippen LogP contribution in [0, 0.1) is 6.92 Å². The SMILES string of the molecule is CCc1ccc(N(CC(=O)Nc2ccccc2SC)S(=O)(=O)c2ccc(C)cc2)cc1. The van der Waals surface area contributed by atoms with Crippen molar-refractivity contribution in [2.24, 2.45) is 0 Å². The number of nitrogens with one attached hydrogen (secondary N) is 1. The van der Waals surface area contributed by atoms with E-state index in [2.05, 4.69) is 5.32 Å². The van der Waals surface area contributed by atoms with E-state index in [0.29, 0.717) is 11.4 Å². The Morgan fingerprint density at radius 2 is 1.61 bits per heavy atom. The number of rotatable bonds is 8. The van der Waals surface area contributed by atoms with E-state index in [9.17, 15) is 13.2 Å². The van der Waals surface area contributed by atoms with Gasteiger partial charge in [0.25, 0.3) is 10.0 Å². The zero-order valence-corrected chi connectivity index (χ0v) is 19.5. The molecule has 0 unspecified atom stereocenters. The van der Waals surface area contributed by atoms with Crippen LogP contribution >= 0.6 is 11.8 Å². The van der Waals surface area contributed by atoms with Crippen LogP contribution in [0.5, 0.6) is 0 Å². The fourth-order valence-corrected chi connectivity index (χ4v) is 5.09. The van der Waals surface area contributed by atoms with Crippen molar-refractivity contribution >= 4 is 39.1 Å². The molecule has 1 N–H and O–H groups in total. The molecule has 0 heterocycles. The van der Waals surface area contributed by atoms with Gasteiger partial charge in [-0.05, 0) is 61.6 Å². The summed E-state index contributed by atoms with van der Waals surface area (Å²) < 4.78 is 28.1. The van der Waals surface area contributed by atoms with Gasteiger partial charge in [0.15, 0.2) is 0 Å². The van der Waals surface area contributed by atoms with Crippen LogP contribution in [0.15, 0.2) is 82.6 Å². The van der Waals surface area contributed by atoms with Crippen molar-refractivity contribution in [3.05, 3.63) is 83.9 Å². The molecule has 162 valence electrons. The Labute approximate surface area is 188 Å². The van der Waals surface area contributed by atoms with Gasteiger partial charge in [-0.3, -0.25) is 9.10 Å². The van der Waals surface area contributed by atoms with E-state index in [1.165, 1.54) is 11.8 Å². The van der Waals surface area contributed by atoms with E-state index in [1.54, 1.807) is 42.5 Å². The van der Waals surface area contributed by atoms with Gasteiger partial charge in [0, 0.05) is 4.90 Å². The molecule has 0 saturated carbocycles. The normalized spacial score (nSPS) is 11.2. The van der Waals surface area contributed by atoms with Gasteiger partial charge in [0.2, 0.25) is 5.91 Å². The van der Waals surface area contributed by atoms with Crippen LogP contribution in [0.4, 0.5) is 11.4 Å². The van der Waals surface area contributed by atoms with Gasteiger partial charge in [0.1, 0.15) is 6.54 Å². The number of sulfonamides is 1. The summed E-state index contributed by atoms with van der Waals surface area (Å²) in [5.41, 5.74) is 3.17. The van der Waals surface area contributed by atoms with E-state index >= 15 is 0 Å². The number of aryl methyl sites for hydroxylation is 2. The molecule has 3 aromatic carbocycles. The van der Waals surface area contributed by atoms with Crippen molar-refractivity contribution in [1.82, 2.24) is 0 Å². The minimum atomic E-state index is -3.93. The summed E-state index contributed by atoms with van der Waals surface area (Å²) in [4.78, 5) is 14.0. The first-order valence-corrected chi connectivity index (χ1v) is 12.6. The molecule has 3 aromatic rings. The van der Waals surface area contributed by atoms with Gasteiger partial charge < -0.3 is 5.32 Å². The number of para-hydroxylation sites is 1. The van der Waals surface area contributed by atoms with Crippen molar-refractivity contribution in [2.75, 3.05) is 22.4 Å². The van der Waals surface area contributed by atoms with Crippen LogP contribution in [-0.4, -0.2) is 27.1 Å². The lowest BCUT2D eigenvalue weighted by Crippen LogP contribution is -2.38. The van der Waals surface area contributed by atoms with E-state index < -0.39 is 15.9 Å². The van der Waals surface area contributed by atoms with Crippen molar-refractivity contribution in [1.29, 1.82) is 0 Å². The highest BCUT2D eigenvalue weighted by molar-refractivity contribution is 7.98. The molecule has 0 atom stereocenters. The lowest BCUT2D eigenvalue weighted by molar-refractivity contribution is -0.114. The number of thioether (sulfide) groups is 1. The first-order chi connectivity index (χ1) is 14.8. The summed E-state index contributed by atoms with van der Waals surface area (Å²) in [5.74, 6) is -0.406. The van der Waals surface area contributed by atoms with Crippen LogP contribution in [0.3, 0.4) is 0 Å². The number of carbonyl (C=O) groups excluding carboxylic acids is 1. The van der Waals surface area contributed by atoms with E-state index in [-0.39, 0.29) is 11.4 Å². The van der Waals surface area contributed by atoms with E-state index in [4.69, 9.17) is 0 Å². The molecule has 0 aromatic heterocycles. The lowest BCUT2D eigenvalue weighted by Gasteiger charge is -2.24. The minimum absolute atomic E-state index is 0.148. The van der Waals surface area contributed by atoms with Crippen molar-refractivity contribution in [3.63, 3.8) is 0 Å². The second kappa shape index (κ2) is 10.0. The highest BCUT2D eigenvalue weighted by Gasteiger charge is 2.27. The molecule has 0 aliphatic rings. The van der Waals surface area contributed by atoms with Gasteiger partial charge >= 0.3 is 0 Å². The molecule has 0 bridgehead atoms. The molecule has 0 fully saturated rings. The van der Waals surface area contributed by atoms with Gasteiger partial charge in [0.05, 0.1) is 16.3 Å². The largest absolute Gasteiger partial charge is 0.323 e. The van der Waals surface area contributed by atoms with Crippen molar-refractivity contribution in [3.8, 4) is 0 Å². The first-order valence-electron chi connectivity index (χ1n) is 9.96. The molecule has 0 spiro atoms. The van der Waals surface area contributed by atoms with Gasteiger partial charge in [-0.15, -0.1) is 11.8 Å². The maximum atomic E-state index is 13.5. The average molecular weight is 455 g/mol.